The van der Waals surface area contributed by atoms with Crippen LogP contribution in [0.5, 0.6) is 0 Å². The van der Waals surface area contributed by atoms with Gasteiger partial charge in [0.15, 0.2) is 0 Å². The average molecular weight is 349 g/mol. The van der Waals surface area contributed by atoms with E-state index in [1.54, 1.807) is 13.1 Å². The van der Waals surface area contributed by atoms with Crippen LogP contribution in [0.1, 0.15) is 5.56 Å². The van der Waals surface area contributed by atoms with Crippen LogP contribution in [0.25, 0.3) is 17.2 Å². The first-order valence-corrected chi connectivity index (χ1v) is 9.45. The molecule has 0 aromatic heterocycles. The van der Waals surface area contributed by atoms with Crippen LogP contribution in [-0.4, -0.2) is 15.5 Å². The molecule has 0 radical (unpaired) electrons. The van der Waals surface area contributed by atoms with Crippen LogP contribution in [0.15, 0.2) is 90.3 Å². The summed E-state index contributed by atoms with van der Waals surface area (Å²) in [7, 11) is -2.01. The maximum Gasteiger partial charge on any atom is 0.257 e. The van der Waals surface area contributed by atoms with Crippen molar-refractivity contribution in [2.45, 2.75) is 0 Å². The highest BCUT2D eigenvalue weighted by Crippen LogP contribution is 2.31. The van der Waals surface area contributed by atoms with E-state index in [1.165, 1.54) is 9.71 Å². The molecule has 0 spiro atoms. The van der Waals surface area contributed by atoms with Crippen molar-refractivity contribution in [1.82, 2.24) is 0 Å². The third-order valence-corrected chi connectivity index (χ3v) is 5.38. The first-order chi connectivity index (χ1) is 12.1. The van der Waals surface area contributed by atoms with Crippen molar-refractivity contribution in [2.24, 2.45) is 0 Å². The molecule has 0 amide bonds. The van der Waals surface area contributed by atoms with Crippen LogP contribution in [0.4, 0.5) is 5.69 Å². The number of hydrogen-bond donors (Lipinski definition) is 0. The molecular formula is C21H19NO2S. The van der Waals surface area contributed by atoms with E-state index < -0.39 is 10.0 Å². The Labute approximate surface area is 148 Å². The molecule has 0 bridgehead atoms. The van der Waals surface area contributed by atoms with Gasteiger partial charge >= 0.3 is 0 Å². The summed E-state index contributed by atoms with van der Waals surface area (Å²) in [4.78, 5) is 0. The summed E-state index contributed by atoms with van der Waals surface area (Å²) in [5.74, 6) is 0. The highest BCUT2D eigenvalue weighted by atomic mass is 32.2. The van der Waals surface area contributed by atoms with Crippen LogP contribution in [0.3, 0.4) is 0 Å². The molecule has 4 heteroatoms. The highest BCUT2D eigenvalue weighted by Gasteiger charge is 2.18. The lowest BCUT2D eigenvalue weighted by Gasteiger charge is -2.20. The Hall–Kier alpha value is -2.85. The number of nitrogens with zero attached hydrogens (tertiary/aromatic N) is 1. The molecule has 25 heavy (non-hydrogen) atoms. The predicted octanol–water partition coefficient (Wildman–Crippen LogP) is 4.79. The third kappa shape index (κ3) is 3.98. The monoisotopic (exact) mass is 349 g/mol. The fraction of sp³-hybridized carbons (Fsp3) is 0.0476. The van der Waals surface area contributed by atoms with Crippen molar-refractivity contribution in [3.8, 4) is 11.1 Å². The van der Waals surface area contributed by atoms with Gasteiger partial charge in [0.1, 0.15) is 0 Å². The maximum absolute atomic E-state index is 12.7. The lowest BCUT2D eigenvalue weighted by Crippen LogP contribution is -2.24. The largest absolute Gasteiger partial charge is 0.269 e. The minimum absolute atomic E-state index is 0.645. The Morgan fingerprint density at radius 1 is 0.760 bits per heavy atom. The average Bonchev–Trinajstić information content (AvgIpc) is 2.67. The van der Waals surface area contributed by atoms with Gasteiger partial charge in [-0.05, 0) is 23.3 Å². The second kappa shape index (κ2) is 7.36. The number of para-hydroxylation sites is 1. The van der Waals surface area contributed by atoms with Gasteiger partial charge in [-0.25, -0.2) is 8.42 Å². The van der Waals surface area contributed by atoms with E-state index in [0.29, 0.717) is 5.69 Å². The molecule has 126 valence electrons. The standard InChI is InChI=1S/C21H19NO2S/c1-22(25(23,24)17-16-18-10-4-2-5-11-18)21-15-9-8-14-20(21)19-12-6-3-7-13-19/h2-17H,1H3/b17-16+. The Bertz CT molecular complexity index is 965. The van der Waals surface area contributed by atoms with Crippen molar-refractivity contribution >= 4 is 21.8 Å². The third-order valence-electron chi connectivity index (χ3n) is 3.94. The highest BCUT2D eigenvalue weighted by molar-refractivity contribution is 7.95. The smallest absolute Gasteiger partial charge is 0.257 e. The summed E-state index contributed by atoms with van der Waals surface area (Å²) >= 11 is 0. The predicted molar refractivity (Wildman–Crippen MR) is 105 cm³/mol. The molecule has 0 saturated heterocycles. The number of rotatable bonds is 5. The van der Waals surface area contributed by atoms with Gasteiger partial charge < -0.3 is 0 Å². The Balaban J connectivity index is 1.96. The molecule has 3 rings (SSSR count). The zero-order chi connectivity index (χ0) is 17.7. The van der Waals surface area contributed by atoms with E-state index in [-0.39, 0.29) is 0 Å². The topological polar surface area (TPSA) is 37.4 Å². The molecule has 0 aliphatic carbocycles. The minimum atomic E-state index is -3.59. The summed E-state index contributed by atoms with van der Waals surface area (Å²) in [6, 6.07) is 26.6. The van der Waals surface area contributed by atoms with E-state index in [1.807, 2.05) is 84.9 Å². The van der Waals surface area contributed by atoms with E-state index >= 15 is 0 Å². The molecule has 0 unspecified atom stereocenters. The van der Waals surface area contributed by atoms with Gasteiger partial charge in [0.05, 0.1) is 11.1 Å². The molecule has 0 heterocycles. The van der Waals surface area contributed by atoms with E-state index in [0.717, 1.165) is 16.7 Å². The van der Waals surface area contributed by atoms with Gasteiger partial charge in [-0.2, -0.15) is 0 Å². The Kier molecular flexibility index (Phi) is 5.00. The number of benzene rings is 3. The molecule has 0 N–H and O–H groups in total. The van der Waals surface area contributed by atoms with E-state index in [4.69, 9.17) is 0 Å². The first kappa shape index (κ1) is 17.0. The normalized spacial score (nSPS) is 11.6. The summed E-state index contributed by atoms with van der Waals surface area (Å²) in [6.07, 6.45) is 1.61. The van der Waals surface area contributed by atoms with Crippen LogP contribution < -0.4 is 4.31 Å². The molecule has 0 aliphatic heterocycles. The minimum Gasteiger partial charge on any atom is -0.269 e. The molecule has 3 aromatic carbocycles. The van der Waals surface area contributed by atoms with Crippen LogP contribution >= 0.6 is 0 Å². The molecule has 3 aromatic rings. The fourth-order valence-corrected chi connectivity index (χ4v) is 3.51. The second-order valence-corrected chi connectivity index (χ2v) is 7.46. The fourth-order valence-electron chi connectivity index (χ4n) is 2.57. The molecule has 0 saturated carbocycles. The van der Waals surface area contributed by atoms with Gasteiger partial charge in [0.25, 0.3) is 10.0 Å². The van der Waals surface area contributed by atoms with Gasteiger partial charge in [-0.3, -0.25) is 4.31 Å². The zero-order valence-corrected chi connectivity index (χ0v) is 14.7. The molecule has 0 fully saturated rings. The summed E-state index contributed by atoms with van der Waals surface area (Å²) in [6.45, 7) is 0. The lowest BCUT2D eigenvalue weighted by atomic mass is 10.0. The number of sulfonamides is 1. The maximum atomic E-state index is 12.7. The Morgan fingerprint density at radius 3 is 2.00 bits per heavy atom. The quantitative estimate of drug-likeness (QED) is 0.664. The summed E-state index contributed by atoms with van der Waals surface area (Å²) in [5.41, 5.74) is 3.34. The van der Waals surface area contributed by atoms with Crippen LogP contribution in [0, 0.1) is 0 Å². The van der Waals surface area contributed by atoms with Gasteiger partial charge in [0.2, 0.25) is 0 Å². The number of hydrogen-bond acceptors (Lipinski definition) is 2. The van der Waals surface area contributed by atoms with Crippen molar-refractivity contribution in [3.05, 3.63) is 95.9 Å². The van der Waals surface area contributed by atoms with E-state index in [2.05, 4.69) is 0 Å². The van der Waals surface area contributed by atoms with Crippen LogP contribution in [0.2, 0.25) is 0 Å². The van der Waals surface area contributed by atoms with Gasteiger partial charge in [-0.15, -0.1) is 0 Å². The van der Waals surface area contributed by atoms with Crippen molar-refractivity contribution in [1.29, 1.82) is 0 Å². The van der Waals surface area contributed by atoms with Crippen molar-refractivity contribution < 1.29 is 8.42 Å². The Morgan fingerprint density at radius 2 is 1.32 bits per heavy atom. The number of anilines is 1. The zero-order valence-electron chi connectivity index (χ0n) is 13.9. The van der Waals surface area contributed by atoms with Crippen LogP contribution in [-0.2, 0) is 10.0 Å². The first-order valence-electron chi connectivity index (χ1n) is 7.94. The van der Waals surface area contributed by atoms with Crippen molar-refractivity contribution in [2.75, 3.05) is 11.4 Å². The molecule has 0 atom stereocenters. The van der Waals surface area contributed by atoms with Crippen molar-refractivity contribution in [3.63, 3.8) is 0 Å². The van der Waals surface area contributed by atoms with Gasteiger partial charge in [0, 0.05) is 12.6 Å². The van der Waals surface area contributed by atoms with Gasteiger partial charge in [-0.1, -0.05) is 78.9 Å². The van der Waals surface area contributed by atoms with E-state index in [9.17, 15) is 8.42 Å². The summed E-state index contributed by atoms with van der Waals surface area (Å²) in [5, 5.41) is 1.24. The lowest BCUT2D eigenvalue weighted by molar-refractivity contribution is 0.603. The summed E-state index contributed by atoms with van der Waals surface area (Å²) < 4.78 is 26.8. The second-order valence-electron chi connectivity index (χ2n) is 5.61. The molecule has 3 nitrogen and oxygen atoms in total. The molecular weight excluding hydrogens is 330 g/mol. The molecule has 0 aliphatic rings. The SMILES string of the molecule is CN(c1ccccc1-c1ccccc1)S(=O)(=O)/C=C/c1ccccc1.